The fourth-order valence-corrected chi connectivity index (χ4v) is 1.32. The van der Waals surface area contributed by atoms with Crippen LogP contribution < -0.4 is 0 Å². The molecule has 15 heavy (non-hydrogen) atoms. The molecule has 0 saturated carbocycles. The Kier molecular flexibility index (Phi) is 4.40. The van der Waals surface area contributed by atoms with E-state index in [1.807, 2.05) is 19.9 Å². The van der Waals surface area contributed by atoms with Crippen molar-refractivity contribution in [3.63, 3.8) is 0 Å². The zero-order valence-electron chi connectivity index (χ0n) is 9.66. The predicted octanol–water partition coefficient (Wildman–Crippen LogP) is 2.20. The summed E-state index contributed by atoms with van der Waals surface area (Å²) in [6.07, 6.45) is 3.99. The van der Waals surface area contributed by atoms with Crippen LogP contribution in [0, 0.1) is 5.92 Å². The molecule has 1 aromatic heterocycles. The Hall–Kier alpha value is -1.25. The summed E-state index contributed by atoms with van der Waals surface area (Å²) in [6, 6.07) is 1.93. The maximum Gasteiger partial charge on any atom is 0.141 e. The van der Waals surface area contributed by atoms with E-state index < -0.39 is 0 Å². The lowest BCUT2D eigenvalue weighted by molar-refractivity contribution is -0.121. The number of hydrogen-bond acceptors (Lipinski definition) is 3. The van der Waals surface area contributed by atoms with Gasteiger partial charge >= 0.3 is 0 Å². The molecule has 1 aromatic rings. The summed E-state index contributed by atoms with van der Waals surface area (Å²) in [5, 5.41) is 0. The van der Waals surface area contributed by atoms with Gasteiger partial charge in [0.15, 0.2) is 0 Å². The molecule has 0 bridgehead atoms. The van der Waals surface area contributed by atoms with E-state index in [1.165, 1.54) is 0 Å². The van der Waals surface area contributed by atoms with Gasteiger partial charge in [-0.1, -0.05) is 27.2 Å². The SMILES string of the molecule is CCCc1cc(CC(=O)C(C)C)ncn1. The van der Waals surface area contributed by atoms with E-state index in [2.05, 4.69) is 16.9 Å². The van der Waals surface area contributed by atoms with E-state index in [4.69, 9.17) is 0 Å². The molecule has 0 saturated heterocycles. The van der Waals surface area contributed by atoms with Crippen LogP contribution in [0.1, 0.15) is 38.6 Å². The first-order chi connectivity index (χ1) is 7.13. The predicted molar refractivity (Wildman–Crippen MR) is 59.6 cm³/mol. The van der Waals surface area contributed by atoms with Crippen molar-refractivity contribution in [2.75, 3.05) is 0 Å². The maximum atomic E-state index is 11.5. The van der Waals surface area contributed by atoms with E-state index in [-0.39, 0.29) is 11.7 Å². The van der Waals surface area contributed by atoms with Crippen molar-refractivity contribution in [2.45, 2.75) is 40.0 Å². The third kappa shape index (κ3) is 3.78. The zero-order chi connectivity index (χ0) is 11.3. The van der Waals surface area contributed by atoms with E-state index in [0.717, 1.165) is 24.2 Å². The normalized spacial score (nSPS) is 10.7. The minimum Gasteiger partial charge on any atom is -0.299 e. The Labute approximate surface area is 91.0 Å². The Morgan fingerprint density at radius 3 is 2.60 bits per heavy atom. The number of aromatic nitrogens is 2. The quantitative estimate of drug-likeness (QED) is 0.741. The number of carbonyl (C=O) groups is 1. The number of carbonyl (C=O) groups excluding carboxylic acids is 1. The van der Waals surface area contributed by atoms with Crippen molar-refractivity contribution in [3.8, 4) is 0 Å². The second-order valence-electron chi connectivity index (χ2n) is 4.05. The van der Waals surface area contributed by atoms with Gasteiger partial charge in [0.05, 0.1) is 5.69 Å². The van der Waals surface area contributed by atoms with Crippen molar-refractivity contribution in [3.05, 3.63) is 23.8 Å². The highest BCUT2D eigenvalue weighted by Crippen LogP contribution is 2.05. The summed E-state index contributed by atoms with van der Waals surface area (Å²) in [4.78, 5) is 19.8. The summed E-state index contributed by atoms with van der Waals surface area (Å²) in [5.41, 5.74) is 1.87. The van der Waals surface area contributed by atoms with Crippen molar-refractivity contribution in [1.29, 1.82) is 0 Å². The Bertz CT molecular complexity index is 334. The second-order valence-corrected chi connectivity index (χ2v) is 4.05. The molecule has 0 N–H and O–H groups in total. The molecule has 0 spiro atoms. The van der Waals surface area contributed by atoms with Gasteiger partial charge in [-0.15, -0.1) is 0 Å². The van der Waals surface area contributed by atoms with E-state index >= 15 is 0 Å². The van der Waals surface area contributed by atoms with Crippen LogP contribution in [-0.2, 0) is 17.6 Å². The highest BCUT2D eigenvalue weighted by atomic mass is 16.1. The second kappa shape index (κ2) is 5.59. The first kappa shape index (κ1) is 11.8. The van der Waals surface area contributed by atoms with Crippen molar-refractivity contribution in [1.82, 2.24) is 9.97 Å². The smallest absolute Gasteiger partial charge is 0.141 e. The van der Waals surface area contributed by atoms with Gasteiger partial charge in [0.1, 0.15) is 12.1 Å². The monoisotopic (exact) mass is 206 g/mol. The van der Waals surface area contributed by atoms with E-state index in [0.29, 0.717) is 6.42 Å². The molecule has 0 radical (unpaired) electrons. The molecule has 3 heteroatoms. The summed E-state index contributed by atoms with van der Waals surface area (Å²) in [5.74, 6) is 0.311. The lowest BCUT2D eigenvalue weighted by Crippen LogP contribution is -2.11. The van der Waals surface area contributed by atoms with Gasteiger partial charge < -0.3 is 0 Å². The Balaban J connectivity index is 2.69. The van der Waals surface area contributed by atoms with Crippen LogP contribution >= 0.6 is 0 Å². The van der Waals surface area contributed by atoms with Crippen LogP contribution in [0.4, 0.5) is 0 Å². The van der Waals surface area contributed by atoms with Crippen molar-refractivity contribution < 1.29 is 4.79 Å². The van der Waals surface area contributed by atoms with Crippen LogP contribution in [0.5, 0.6) is 0 Å². The molecule has 1 rings (SSSR count). The highest BCUT2D eigenvalue weighted by Gasteiger charge is 2.09. The van der Waals surface area contributed by atoms with Crippen molar-refractivity contribution in [2.24, 2.45) is 5.92 Å². The fourth-order valence-electron chi connectivity index (χ4n) is 1.32. The summed E-state index contributed by atoms with van der Waals surface area (Å²) < 4.78 is 0. The number of aryl methyl sites for hydroxylation is 1. The van der Waals surface area contributed by atoms with Gasteiger partial charge in [-0.3, -0.25) is 4.79 Å². The molecular formula is C12H18N2O. The minimum absolute atomic E-state index is 0.0783. The van der Waals surface area contributed by atoms with Crippen molar-refractivity contribution >= 4 is 5.78 Å². The van der Waals surface area contributed by atoms with Gasteiger partial charge in [0.25, 0.3) is 0 Å². The Morgan fingerprint density at radius 1 is 1.33 bits per heavy atom. The fraction of sp³-hybridized carbons (Fsp3) is 0.583. The van der Waals surface area contributed by atoms with Gasteiger partial charge in [-0.2, -0.15) is 0 Å². The number of ketones is 1. The molecule has 1 heterocycles. The van der Waals surface area contributed by atoms with Crippen LogP contribution in [0.3, 0.4) is 0 Å². The third-order valence-corrected chi connectivity index (χ3v) is 2.29. The van der Waals surface area contributed by atoms with Crippen LogP contribution in [0.2, 0.25) is 0 Å². The molecule has 0 atom stereocenters. The van der Waals surface area contributed by atoms with E-state index in [9.17, 15) is 4.79 Å². The lowest BCUT2D eigenvalue weighted by atomic mass is 10.0. The summed E-state index contributed by atoms with van der Waals surface area (Å²) in [7, 11) is 0. The van der Waals surface area contributed by atoms with Gasteiger partial charge in [-0.05, 0) is 12.5 Å². The largest absolute Gasteiger partial charge is 0.299 e. The topological polar surface area (TPSA) is 42.9 Å². The molecule has 0 unspecified atom stereocenters. The average Bonchev–Trinajstić information content (AvgIpc) is 2.18. The Morgan fingerprint density at radius 2 is 2.00 bits per heavy atom. The number of hydrogen-bond donors (Lipinski definition) is 0. The lowest BCUT2D eigenvalue weighted by Gasteiger charge is -2.04. The molecule has 0 fully saturated rings. The van der Waals surface area contributed by atoms with E-state index in [1.54, 1.807) is 6.33 Å². The summed E-state index contributed by atoms with van der Waals surface area (Å²) in [6.45, 7) is 5.94. The average molecular weight is 206 g/mol. The third-order valence-electron chi connectivity index (χ3n) is 2.29. The van der Waals surface area contributed by atoms with Gasteiger partial charge in [0, 0.05) is 18.0 Å². The van der Waals surface area contributed by atoms with Crippen LogP contribution in [0.25, 0.3) is 0 Å². The molecule has 82 valence electrons. The van der Waals surface area contributed by atoms with Gasteiger partial charge in [-0.25, -0.2) is 9.97 Å². The molecule has 3 nitrogen and oxygen atoms in total. The number of rotatable bonds is 5. The summed E-state index contributed by atoms with van der Waals surface area (Å²) >= 11 is 0. The molecule has 0 aromatic carbocycles. The zero-order valence-corrected chi connectivity index (χ0v) is 9.66. The van der Waals surface area contributed by atoms with Gasteiger partial charge in [0.2, 0.25) is 0 Å². The number of Topliss-reactive ketones (excluding diaryl/α,β-unsaturated/α-hetero) is 1. The number of nitrogens with zero attached hydrogens (tertiary/aromatic N) is 2. The molecule has 0 amide bonds. The molecule has 0 aliphatic heterocycles. The maximum absolute atomic E-state index is 11.5. The van der Waals surface area contributed by atoms with Crippen LogP contribution in [0.15, 0.2) is 12.4 Å². The first-order valence-electron chi connectivity index (χ1n) is 5.46. The standard InChI is InChI=1S/C12H18N2O/c1-4-5-10-6-11(14-8-13-10)7-12(15)9(2)3/h6,8-9H,4-5,7H2,1-3H3. The minimum atomic E-state index is 0.0783. The molecule has 0 aliphatic carbocycles. The first-order valence-corrected chi connectivity index (χ1v) is 5.46. The highest BCUT2D eigenvalue weighted by molar-refractivity contribution is 5.82. The van der Waals surface area contributed by atoms with Crippen LogP contribution in [-0.4, -0.2) is 15.8 Å². The molecular weight excluding hydrogens is 188 g/mol. The molecule has 0 aliphatic rings.